The van der Waals surface area contributed by atoms with E-state index in [0.29, 0.717) is 19.1 Å². The zero-order chi connectivity index (χ0) is 17.0. The highest BCUT2D eigenvalue weighted by atomic mass is 32.1. The Bertz CT molecular complexity index is 670. The summed E-state index contributed by atoms with van der Waals surface area (Å²) in [6.45, 7) is 7.16. The third-order valence-corrected chi connectivity index (χ3v) is 4.39. The maximum absolute atomic E-state index is 10.9. The van der Waals surface area contributed by atoms with Gasteiger partial charge in [0.05, 0.1) is 16.7 Å². The Morgan fingerprint density at radius 1 is 1.39 bits per heavy atom. The van der Waals surface area contributed by atoms with Crippen molar-refractivity contribution in [1.29, 1.82) is 0 Å². The maximum atomic E-state index is 10.9. The van der Waals surface area contributed by atoms with Crippen molar-refractivity contribution < 1.29 is 10.0 Å². The highest BCUT2D eigenvalue weighted by Crippen LogP contribution is 2.27. The van der Waals surface area contributed by atoms with Crippen LogP contribution in [0, 0.1) is 10.1 Å². The third kappa shape index (κ3) is 4.82. The molecule has 2 rings (SSSR count). The van der Waals surface area contributed by atoms with E-state index in [0.717, 1.165) is 16.3 Å². The second-order valence-corrected chi connectivity index (χ2v) is 6.68. The minimum absolute atomic E-state index is 0.0668. The topological polar surface area (TPSA) is 79.5 Å². The Balaban J connectivity index is 2.17. The molecule has 1 aromatic carbocycles. The number of thiazole rings is 1. The van der Waals surface area contributed by atoms with Crippen LogP contribution in [0.2, 0.25) is 0 Å². The zero-order valence-corrected chi connectivity index (χ0v) is 14.3. The van der Waals surface area contributed by atoms with E-state index in [1.807, 2.05) is 11.4 Å². The monoisotopic (exact) mass is 335 g/mol. The van der Waals surface area contributed by atoms with Gasteiger partial charge in [-0.3, -0.25) is 15.0 Å². The summed E-state index contributed by atoms with van der Waals surface area (Å²) in [5.41, 5.74) is 1.73. The highest BCUT2D eigenvalue weighted by Gasteiger charge is 2.15. The molecule has 0 aliphatic heterocycles. The number of non-ortho nitro benzene ring substituents is 1. The van der Waals surface area contributed by atoms with E-state index < -0.39 is 11.0 Å². The molecule has 0 aliphatic carbocycles. The highest BCUT2D eigenvalue weighted by molar-refractivity contribution is 7.13. The molecule has 7 heteroatoms. The number of aromatic nitrogens is 1. The molecule has 1 heterocycles. The van der Waals surface area contributed by atoms with Gasteiger partial charge in [0.2, 0.25) is 0 Å². The molecule has 1 atom stereocenters. The molecule has 0 spiro atoms. The molecule has 0 aliphatic rings. The largest absolute Gasteiger partial charge is 0.392 e. The second-order valence-electron chi connectivity index (χ2n) is 5.82. The van der Waals surface area contributed by atoms with Gasteiger partial charge in [-0.25, -0.2) is 4.98 Å². The van der Waals surface area contributed by atoms with Gasteiger partial charge in [0, 0.05) is 42.2 Å². The molecular weight excluding hydrogens is 314 g/mol. The lowest BCUT2D eigenvalue weighted by atomic mass is 10.2. The fourth-order valence-corrected chi connectivity index (χ4v) is 3.08. The summed E-state index contributed by atoms with van der Waals surface area (Å²) in [5, 5.41) is 23.2. The van der Waals surface area contributed by atoms with E-state index in [1.165, 1.54) is 17.4 Å². The van der Waals surface area contributed by atoms with Gasteiger partial charge in [-0.05, 0) is 20.8 Å². The number of benzene rings is 1. The van der Waals surface area contributed by atoms with Crippen LogP contribution in [0.1, 0.15) is 26.5 Å². The normalized spacial score (nSPS) is 12.8. The van der Waals surface area contributed by atoms with Crippen molar-refractivity contribution >= 4 is 17.0 Å². The predicted octanol–water partition coefficient (Wildman–Crippen LogP) is 3.31. The molecule has 0 bridgehead atoms. The minimum atomic E-state index is -0.402. The lowest BCUT2D eigenvalue weighted by Gasteiger charge is -2.26. The van der Waals surface area contributed by atoms with Gasteiger partial charge in [-0.15, -0.1) is 11.3 Å². The Morgan fingerprint density at radius 3 is 2.74 bits per heavy atom. The van der Waals surface area contributed by atoms with Crippen molar-refractivity contribution in [2.45, 2.75) is 39.5 Å². The maximum Gasteiger partial charge on any atom is 0.270 e. The van der Waals surface area contributed by atoms with Gasteiger partial charge in [0.1, 0.15) is 5.01 Å². The number of nitrogens with zero attached hydrogens (tertiary/aromatic N) is 3. The van der Waals surface area contributed by atoms with Crippen molar-refractivity contribution in [3.63, 3.8) is 0 Å². The van der Waals surface area contributed by atoms with Crippen molar-refractivity contribution in [3.8, 4) is 10.6 Å². The lowest BCUT2D eigenvalue weighted by Crippen LogP contribution is -2.36. The third-order valence-electron chi connectivity index (χ3n) is 3.45. The first-order valence-corrected chi connectivity index (χ1v) is 8.36. The predicted molar refractivity (Wildman–Crippen MR) is 91.4 cm³/mol. The van der Waals surface area contributed by atoms with Gasteiger partial charge in [0.25, 0.3) is 5.69 Å². The van der Waals surface area contributed by atoms with E-state index in [4.69, 9.17) is 0 Å². The standard InChI is InChI=1S/C16H21N3O3S/c1-11(2)18(8-12(3)20)9-14-10-23-16(17-14)13-5-4-6-15(7-13)19(21)22/h4-7,10-12,20H,8-9H2,1-3H3. The van der Waals surface area contributed by atoms with Crippen LogP contribution in [0.5, 0.6) is 0 Å². The smallest absolute Gasteiger partial charge is 0.270 e. The first-order valence-electron chi connectivity index (χ1n) is 7.48. The average molecular weight is 335 g/mol. The van der Waals surface area contributed by atoms with E-state index in [1.54, 1.807) is 19.1 Å². The van der Waals surface area contributed by atoms with Gasteiger partial charge in [-0.2, -0.15) is 0 Å². The van der Waals surface area contributed by atoms with Crippen LogP contribution in [-0.2, 0) is 6.54 Å². The fourth-order valence-electron chi connectivity index (χ4n) is 2.27. The van der Waals surface area contributed by atoms with Crippen molar-refractivity contribution in [3.05, 3.63) is 45.5 Å². The molecule has 23 heavy (non-hydrogen) atoms. The van der Waals surface area contributed by atoms with Crippen LogP contribution in [0.4, 0.5) is 5.69 Å². The van der Waals surface area contributed by atoms with E-state index in [2.05, 4.69) is 23.7 Å². The van der Waals surface area contributed by atoms with Gasteiger partial charge < -0.3 is 5.11 Å². The number of rotatable bonds is 7. The van der Waals surface area contributed by atoms with Crippen molar-refractivity contribution in [2.75, 3.05) is 6.54 Å². The molecule has 0 saturated carbocycles. The summed E-state index contributed by atoms with van der Waals surface area (Å²) in [7, 11) is 0. The summed E-state index contributed by atoms with van der Waals surface area (Å²) in [4.78, 5) is 17.2. The molecule has 2 aromatic rings. The number of nitro benzene ring substituents is 1. The molecular formula is C16H21N3O3S. The van der Waals surface area contributed by atoms with E-state index >= 15 is 0 Å². The first kappa shape index (κ1) is 17.5. The average Bonchev–Trinajstić information content (AvgIpc) is 2.94. The number of aliphatic hydroxyl groups is 1. The fraction of sp³-hybridized carbons (Fsp3) is 0.438. The van der Waals surface area contributed by atoms with Crippen LogP contribution >= 0.6 is 11.3 Å². The van der Waals surface area contributed by atoms with Crippen molar-refractivity contribution in [2.24, 2.45) is 0 Å². The summed E-state index contributed by atoms with van der Waals surface area (Å²) in [6.07, 6.45) is -0.396. The summed E-state index contributed by atoms with van der Waals surface area (Å²) >= 11 is 1.47. The van der Waals surface area contributed by atoms with Crippen LogP contribution in [0.3, 0.4) is 0 Å². The summed E-state index contributed by atoms with van der Waals surface area (Å²) < 4.78 is 0. The zero-order valence-electron chi connectivity index (χ0n) is 13.5. The number of hydrogen-bond donors (Lipinski definition) is 1. The summed E-state index contributed by atoms with van der Waals surface area (Å²) in [5.74, 6) is 0. The minimum Gasteiger partial charge on any atom is -0.392 e. The molecule has 1 N–H and O–H groups in total. The Kier molecular flexibility index (Phi) is 5.81. The second kappa shape index (κ2) is 7.63. The molecule has 1 aromatic heterocycles. The first-order chi connectivity index (χ1) is 10.9. The molecule has 124 valence electrons. The molecule has 1 unspecified atom stereocenters. The van der Waals surface area contributed by atoms with Gasteiger partial charge in [0.15, 0.2) is 0 Å². The Morgan fingerprint density at radius 2 is 2.13 bits per heavy atom. The Labute approximate surface area is 139 Å². The lowest BCUT2D eigenvalue weighted by molar-refractivity contribution is -0.384. The molecule has 6 nitrogen and oxygen atoms in total. The van der Waals surface area contributed by atoms with Gasteiger partial charge in [-0.1, -0.05) is 12.1 Å². The van der Waals surface area contributed by atoms with Gasteiger partial charge >= 0.3 is 0 Å². The van der Waals surface area contributed by atoms with Crippen LogP contribution in [0.25, 0.3) is 10.6 Å². The van der Waals surface area contributed by atoms with Crippen LogP contribution < -0.4 is 0 Å². The molecule has 0 saturated heterocycles. The van der Waals surface area contributed by atoms with E-state index in [9.17, 15) is 15.2 Å². The summed E-state index contributed by atoms with van der Waals surface area (Å²) in [6, 6.07) is 6.81. The molecule has 0 radical (unpaired) electrons. The van der Waals surface area contributed by atoms with Crippen molar-refractivity contribution in [1.82, 2.24) is 9.88 Å². The SMILES string of the molecule is CC(O)CN(Cc1csc(-c2cccc([N+](=O)[O-])c2)n1)C(C)C. The van der Waals surface area contributed by atoms with Crippen LogP contribution in [-0.4, -0.2) is 38.6 Å². The quantitative estimate of drug-likeness (QED) is 0.620. The number of nitro groups is 1. The molecule has 0 fully saturated rings. The van der Waals surface area contributed by atoms with Crippen LogP contribution in [0.15, 0.2) is 29.6 Å². The Hall–Kier alpha value is -1.83. The van der Waals surface area contributed by atoms with E-state index in [-0.39, 0.29) is 5.69 Å². The number of aliphatic hydroxyl groups excluding tert-OH is 1. The molecule has 0 amide bonds. The number of hydrogen-bond acceptors (Lipinski definition) is 6.